The Morgan fingerprint density at radius 2 is 2.33 bits per heavy atom. The van der Waals surface area contributed by atoms with E-state index in [0.717, 1.165) is 16.2 Å². The molecule has 1 aromatic rings. The second kappa shape index (κ2) is 4.29. The van der Waals surface area contributed by atoms with E-state index < -0.39 is 0 Å². The molecule has 0 heterocycles. The number of aliphatic hydroxyl groups excluding tert-OH is 1. The predicted molar refractivity (Wildman–Crippen MR) is 52.2 cm³/mol. The Kier molecular flexibility index (Phi) is 3.32. The number of halogens is 1. The molecule has 0 amide bonds. The Morgan fingerprint density at radius 1 is 1.58 bits per heavy atom. The Labute approximate surface area is 77.3 Å². The van der Waals surface area contributed by atoms with Crippen molar-refractivity contribution >= 4 is 17.7 Å². The average Bonchev–Trinajstić information content (AvgIpc) is 2.04. The third-order valence-corrected chi connectivity index (χ3v) is 1.75. The van der Waals surface area contributed by atoms with Gasteiger partial charge in [-0.2, -0.15) is 0 Å². The van der Waals surface area contributed by atoms with Crippen LogP contribution < -0.4 is 0 Å². The first-order chi connectivity index (χ1) is 5.72. The topological polar surface area (TPSA) is 20.2 Å². The molecule has 0 radical (unpaired) electrons. The molecule has 0 aliphatic rings. The molecule has 0 unspecified atom stereocenters. The molecule has 0 aromatic heterocycles. The smallest absolute Gasteiger partial charge is 0.0642 e. The molecule has 1 rings (SSSR count). The van der Waals surface area contributed by atoms with Gasteiger partial charge in [-0.1, -0.05) is 29.8 Å². The van der Waals surface area contributed by atoms with Gasteiger partial charge in [0.05, 0.1) is 6.61 Å². The Balaban J connectivity index is 2.89. The molecule has 1 aromatic carbocycles. The number of benzene rings is 1. The van der Waals surface area contributed by atoms with Crippen molar-refractivity contribution in [3.8, 4) is 0 Å². The first-order valence-corrected chi connectivity index (χ1v) is 4.14. The molecule has 64 valence electrons. The summed E-state index contributed by atoms with van der Waals surface area (Å²) in [5.41, 5.74) is 1.95. The highest BCUT2D eigenvalue weighted by Gasteiger charge is 1.90. The summed E-state index contributed by atoms with van der Waals surface area (Å²) in [6.07, 6.45) is 1.91. The van der Waals surface area contributed by atoms with E-state index in [9.17, 15) is 0 Å². The SMILES string of the molecule is CC(=Cc1cccc(Cl)c1)CO. The Morgan fingerprint density at radius 3 is 2.92 bits per heavy atom. The summed E-state index contributed by atoms with van der Waals surface area (Å²) in [5, 5.41) is 9.48. The van der Waals surface area contributed by atoms with Crippen molar-refractivity contribution in [3.63, 3.8) is 0 Å². The molecule has 0 bridgehead atoms. The maximum absolute atomic E-state index is 8.76. The fourth-order valence-corrected chi connectivity index (χ4v) is 1.13. The number of hydrogen-bond donors (Lipinski definition) is 1. The quantitative estimate of drug-likeness (QED) is 0.746. The van der Waals surface area contributed by atoms with E-state index >= 15 is 0 Å². The van der Waals surface area contributed by atoms with Crippen molar-refractivity contribution in [2.75, 3.05) is 6.61 Å². The Hall–Kier alpha value is -0.790. The van der Waals surface area contributed by atoms with Crippen LogP contribution in [0.4, 0.5) is 0 Å². The lowest BCUT2D eigenvalue weighted by Gasteiger charge is -1.96. The number of hydrogen-bond acceptors (Lipinski definition) is 1. The maximum atomic E-state index is 8.76. The van der Waals surface area contributed by atoms with E-state index in [1.165, 1.54) is 0 Å². The minimum atomic E-state index is 0.0898. The lowest BCUT2D eigenvalue weighted by molar-refractivity contribution is 0.332. The van der Waals surface area contributed by atoms with Crippen LogP contribution in [0.3, 0.4) is 0 Å². The second-order valence-corrected chi connectivity index (χ2v) is 3.14. The zero-order chi connectivity index (χ0) is 8.97. The molecular weight excluding hydrogens is 172 g/mol. The molecule has 1 nitrogen and oxygen atoms in total. The molecule has 0 saturated heterocycles. The highest BCUT2D eigenvalue weighted by atomic mass is 35.5. The summed E-state index contributed by atoms with van der Waals surface area (Å²) in [7, 11) is 0. The van der Waals surface area contributed by atoms with Gasteiger partial charge in [0.25, 0.3) is 0 Å². The van der Waals surface area contributed by atoms with Gasteiger partial charge < -0.3 is 5.11 Å². The van der Waals surface area contributed by atoms with Gasteiger partial charge in [0.2, 0.25) is 0 Å². The van der Waals surface area contributed by atoms with Gasteiger partial charge in [-0.15, -0.1) is 0 Å². The molecule has 1 N–H and O–H groups in total. The van der Waals surface area contributed by atoms with Gasteiger partial charge in [-0.3, -0.25) is 0 Å². The monoisotopic (exact) mass is 182 g/mol. The lowest BCUT2D eigenvalue weighted by Crippen LogP contribution is -1.83. The number of rotatable bonds is 2. The van der Waals surface area contributed by atoms with E-state index in [4.69, 9.17) is 16.7 Å². The van der Waals surface area contributed by atoms with Crippen LogP contribution in [0.25, 0.3) is 6.08 Å². The van der Waals surface area contributed by atoms with Gasteiger partial charge in [0.1, 0.15) is 0 Å². The molecule has 0 spiro atoms. The zero-order valence-corrected chi connectivity index (χ0v) is 7.67. The van der Waals surface area contributed by atoms with Crippen molar-refractivity contribution < 1.29 is 5.11 Å². The average molecular weight is 183 g/mol. The largest absolute Gasteiger partial charge is 0.392 e. The first kappa shape index (κ1) is 9.30. The standard InChI is InChI=1S/C10H11ClO/c1-8(7-12)5-9-3-2-4-10(11)6-9/h2-6,12H,7H2,1H3. The van der Waals surface area contributed by atoms with E-state index in [1.54, 1.807) is 0 Å². The van der Waals surface area contributed by atoms with Gasteiger partial charge in [0, 0.05) is 5.02 Å². The highest BCUT2D eigenvalue weighted by Crippen LogP contribution is 2.13. The number of aliphatic hydroxyl groups is 1. The molecule has 0 atom stereocenters. The van der Waals surface area contributed by atoms with Crippen LogP contribution in [0.5, 0.6) is 0 Å². The fourth-order valence-electron chi connectivity index (χ4n) is 0.927. The van der Waals surface area contributed by atoms with E-state index in [-0.39, 0.29) is 6.61 Å². The van der Waals surface area contributed by atoms with Crippen molar-refractivity contribution in [2.45, 2.75) is 6.92 Å². The molecule has 2 heteroatoms. The minimum Gasteiger partial charge on any atom is -0.392 e. The molecule has 0 aliphatic carbocycles. The Bertz CT molecular complexity index is 292. The normalized spacial score (nSPS) is 11.8. The van der Waals surface area contributed by atoms with E-state index in [1.807, 2.05) is 37.3 Å². The molecule has 0 fully saturated rings. The van der Waals surface area contributed by atoms with Crippen molar-refractivity contribution in [2.24, 2.45) is 0 Å². The molecule has 0 saturated carbocycles. The van der Waals surface area contributed by atoms with Crippen LogP contribution in [-0.4, -0.2) is 11.7 Å². The van der Waals surface area contributed by atoms with Crippen LogP contribution >= 0.6 is 11.6 Å². The van der Waals surface area contributed by atoms with Crippen LogP contribution in [0.15, 0.2) is 29.8 Å². The first-order valence-electron chi connectivity index (χ1n) is 3.76. The van der Waals surface area contributed by atoms with Crippen LogP contribution in [-0.2, 0) is 0 Å². The fraction of sp³-hybridized carbons (Fsp3) is 0.200. The summed E-state index contributed by atoms with van der Waals surface area (Å²) in [4.78, 5) is 0. The molecule has 12 heavy (non-hydrogen) atoms. The minimum absolute atomic E-state index is 0.0898. The molecular formula is C10H11ClO. The van der Waals surface area contributed by atoms with E-state index in [2.05, 4.69) is 0 Å². The van der Waals surface area contributed by atoms with Gasteiger partial charge in [0.15, 0.2) is 0 Å². The van der Waals surface area contributed by atoms with Crippen LogP contribution in [0.1, 0.15) is 12.5 Å². The summed E-state index contributed by atoms with van der Waals surface area (Å²) < 4.78 is 0. The van der Waals surface area contributed by atoms with Crippen molar-refractivity contribution in [1.29, 1.82) is 0 Å². The summed E-state index contributed by atoms with van der Waals surface area (Å²) >= 11 is 5.78. The third kappa shape index (κ3) is 2.68. The maximum Gasteiger partial charge on any atom is 0.0642 e. The molecule has 0 aliphatic heterocycles. The van der Waals surface area contributed by atoms with E-state index in [0.29, 0.717) is 0 Å². The van der Waals surface area contributed by atoms with Gasteiger partial charge >= 0.3 is 0 Å². The second-order valence-electron chi connectivity index (χ2n) is 2.70. The summed E-state index contributed by atoms with van der Waals surface area (Å²) in [6.45, 7) is 1.97. The highest BCUT2D eigenvalue weighted by molar-refractivity contribution is 6.30. The van der Waals surface area contributed by atoms with Gasteiger partial charge in [-0.25, -0.2) is 0 Å². The van der Waals surface area contributed by atoms with Crippen LogP contribution in [0, 0.1) is 0 Å². The van der Waals surface area contributed by atoms with Crippen molar-refractivity contribution in [1.82, 2.24) is 0 Å². The zero-order valence-electron chi connectivity index (χ0n) is 6.92. The summed E-state index contributed by atoms with van der Waals surface area (Å²) in [5.74, 6) is 0. The lowest BCUT2D eigenvalue weighted by atomic mass is 10.1. The third-order valence-electron chi connectivity index (χ3n) is 1.51. The van der Waals surface area contributed by atoms with Crippen LogP contribution in [0.2, 0.25) is 5.02 Å². The predicted octanol–water partition coefficient (Wildman–Crippen LogP) is 2.74. The summed E-state index contributed by atoms with van der Waals surface area (Å²) in [6, 6.07) is 7.53. The van der Waals surface area contributed by atoms with Gasteiger partial charge in [-0.05, 0) is 30.2 Å². The van der Waals surface area contributed by atoms with Crippen molar-refractivity contribution in [3.05, 3.63) is 40.4 Å².